The van der Waals surface area contributed by atoms with Gasteiger partial charge in [0.15, 0.2) is 0 Å². The summed E-state index contributed by atoms with van der Waals surface area (Å²) in [7, 11) is 0. The number of para-hydroxylation sites is 1. The number of aromatic amines is 1. The van der Waals surface area contributed by atoms with Crippen LogP contribution in [0.5, 0.6) is 0 Å². The second-order valence-corrected chi connectivity index (χ2v) is 6.17. The first-order valence-corrected chi connectivity index (χ1v) is 8.58. The molecule has 0 aliphatic carbocycles. The van der Waals surface area contributed by atoms with Crippen molar-refractivity contribution in [1.82, 2.24) is 20.4 Å². The Morgan fingerprint density at radius 3 is 2.37 bits per heavy atom. The Hall–Kier alpha value is -3.80. The van der Waals surface area contributed by atoms with Crippen molar-refractivity contribution in [3.05, 3.63) is 95.9 Å². The topological polar surface area (TPSA) is 78.9 Å². The molecule has 2 amide bonds. The lowest BCUT2D eigenvalue weighted by Crippen LogP contribution is -2.41. The average Bonchev–Trinajstić information content (AvgIpc) is 3.36. The molecule has 0 bridgehead atoms. The first kappa shape index (κ1) is 16.7. The molecule has 2 aromatic carbocycles. The number of hydrazine groups is 1. The minimum absolute atomic E-state index is 0.363. The van der Waals surface area contributed by atoms with Crippen molar-refractivity contribution in [3.63, 3.8) is 0 Å². The van der Waals surface area contributed by atoms with Gasteiger partial charge in [0.05, 0.1) is 5.56 Å². The van der Waals surface area contributed by atoms with Gasteiger partial charge in [-0.25, -0.2) is 0 Å². The average molecular weight is 358 g/mol. The quantitative estimate of drug-likeness (QED) is 0.490. The number of aromatic nitrogens is 2. The first-order chi connectivity index (χ1) is 13.2. The van der Waals surface area contributed by atoms with Crippen molar-refractivity contribution in [2.45, 2.75) is 6.54 Å². The third-order valence-electron chi connectivity index (χ3n) is 4.36. The van der Waals surface area contributed by atoms with Crippen LogP contribution >= 0.6 is 0 Å². The number of fused-ring (bicyclic) bond motifs is 1. The van der Waals surface area contributed by atoms with E-state index in [1.165, 1.54) is 0 Å². The van der Waals surface area contributed by atoms with Gasteiger partial charge in [-0.2, -0.15) is 0 Å². The third kappa shape index (κ3) is 3.46. The van der Waals surface area contributed by atoms with Gasteiger partial charge in [0.25, 0.3) is 11.8 Å². The molecule has 0 fully saturated rings. The van der Waals surface area contributed by atoms with Crippen LogP contribution in [0.1, 0.15) is 26.4 Å². The molecule has 0 saturated heterocycles. The van der Waals surface area contributed by atoms with E-state index in [9.17, 15) is 9.59 Å². The fourth-order valence-corrected chi connectivity index (χ4v) is 3.06. The van der Waals surface area contributed by atoms with E-state index in [4.69, 9.17) is 0 Å². The Morgan fingerprint density at radius 2 is 1.59 bits per heavy atom. The van der Waals surface area contributed by atoms with Crippen LogP contribution in [0.4, 0.5) is 0 Å². The number of carbonyl (C=O) groups excluding carboxylic acids is 2. The largest absolute Gasteiger partial charge is 0.357 e. The van der Waals surface area contributed by atoms with Crippen molar-refractivity contribution in [2.75, 3.05) is 0 Å². The first-order valence-electron chi connectivity index (χ1n) is 8.58. The van der Waals surface area contributed by atoms with Crippen LogP contribution in [-0.2, 0) is 6.54 Å². The number of H-pyrrole nitrogens is 1. The van der Waals surface area contributed by atoms with Crippen molar-refractivity contribution >= 4 is 22.7 Å². The maximum atomic E-state index is 12.6. The van der Waals surface area contributed by atoms with Gasteiger partial charge in [-0.05, 0) is 23.8 Å². The molecule has 0 unspecified atom stereocenters. The van der Waals surface area contributed by atoms with E-state index in [0.29, 0.717) is 17.8 Å². The van der Waals surface area contributed by atoms with Crippen molar-refractivity contribution in [2.24, 2.45) is 0 Å². The van der Waals surface area contributed by atoms with Crippen molar-refractivity contribution in [1.29, 1.82) is 0 Å². The van der Waals surface area contributed by atoms with Crippen LogP contribution in [0.25, 0.3) is 10.9 Å². The molecule has 4 aromatic rings. The number of carbonyl (C=O) groups is 2. The second kappa shape index (κ2) is 7.21. The molecular formula is C21H18N4O2. The maximum Gasteiger partial charge on any atom is 0.286 e. The highest BCUT2D eigenvalue weighted by molar-refractivity contribution is 6.07. The SMILES string of the molecule is O=C(NNC(=O)c1cn(Cc2ccccc2)c2ccccc12)c1ccc[nH]1. The van der Waals surface area contributed by atoms with Crippen LogP contribution in [0.3, 0.4) is 0 Å². The molecule has 2 heterocycles. The Balaban J connectivity index is 1.58. The van der Waals surface area contributed by atoms with Crippen LogP contribution in [-0.4, -0.2) is 21.4 Å². The van der Waals surface area contributed by atoms with E-state index in [1.54, 1.807) is 18.3 Å². The van der Waals surface area contributed by atoms with E-state index in [-0.39, 0.29) is 5.91 Å². The highest BCUT2D eigenvalue weighted by Crippen LogP contribution is 2.22. The van der Waals surface area contributed by atoms with E-state index in [1.807, 2.05) is 65.4 Å². The zero-order chi connectivity index (χ0) is 18.6. The number of benzene rings is 2. The van der Waals surface area contributed by atoms with Gasteiger partial charge in [0, 0.05) is 29.8 Å². The Labute approximate surface area is 155 Å². The van der Waals surface area contributed by atoms with Gasteiger partial charge in [-0.15, -0.1) is 0 Å². The van der Waals surface area contributed by atoms with Crippen LogP contribution in [0.2, 0.25) is 0 Å². The summed E-state index contributed by atoms with van der Waals surface area (Å²) in [6.07, 6.45) is 3.46. The van der Waals surface area contributed by atoms with Gasteiger partial charge < -0.3 is 9.55 Å². The summed E-state index contributed by atoms with van der Waals surface area (Å²) >= 11 is 0. The van der Waals surface area contributed by atoms with Crippen molar-refractivity contribution < 1.29 is 9.59 Å². The smallest absolute Gasteiger partial charge is 0.286 e. The summed E-state index contributed by atoms with van der Waals surface area (Å²) in [5, 5.41) is 0.833. The molecule has 0 saturated carbocycles. The number of nitrogens with zero attached hydrogens (tertiary/aromatic N) is 1. The fraction of sp³-hybridized carbons (Fsp3) is 0.0476. The predicted octanol–water partition coefficient (Wildman–Crippen LogP) is 3.09. The van der Waals surface area contributed by atoms with Gasteiger partial charge in [0.1, 0.15) is 5.69 Å². The summed E-state index contributed by atoms with van der Waals surface area (Å²) in [6.45, 7) is 0.656. The normalized spacial score (nSPS) is 10.7. The standard InChI is InChI=1S/C21H18N4O2/c26-20(23-24-21(27)18-10-6-12-22-18)17-14-25(13-15-7-2-1-3-8-15)19-11-5-4-9-16(17)19/h1-12,14,22H,13H2,(H,23,26)(H,24,27). The van der Waals surface area contributed by atoms with Crippen molar-refractivity contribution in [3.8, 4) is 0 Å². The van der Waals surface area contributed by atoms with E-state index in [2.05, 4.69) is 15.8 Å². The number of amides is 2. The van der Waals surface area contributed by atoms with Gasteiger partial charge >= 0.3 is 0 Å². The molecule has 0 radical (unpaired) electrons. The summed E-state index contributed by atoms with van der Waals surface area (Å²) in [5.74, 6) is -0.765. The van der Waals surface area contributed by atoms with Crippen LogP contribution < -0.4 is 10.9 Å². The molecule has 134 valence electrons. The van der Waals surface area contributed by atoms with E-state index >= 15 is 0 Å². The second-order valence-electron chi connectivity index (χ2n) is 6.17. The molecule has 6 nitrogen and oxygen atoms in total. The number of nitrogens with one attached hydrogen (secondary N) is 3. The molecule has 4 rings (SSSR count). The lowest BCUT2D eigenvalue weighted by molar-refractivity contribution is 0.0845. The molecule has 6 heteroatoms. The molecule has 0 aliphatic heterocycles. The van der Waals surface area contributed by atoms with E-state index < -0.39 is 5.91 Å². The Kier molecular flexibility index (Phi) is 4.45. The number of hydrogen-bond donors (Lipinski definition) is 3. The zero-order valence-electron chi connectivity index (χ0n) is 14.5. The summed E-state index contributed by atoms with van der Waals surface area (Å²) in [4.78, 5) is 27.4. The fourth-order valence-electron chi connectivity index (χ4n) is 3.06. The molecule has 3 N–H and O–H groups in total. The Bertz CT molecular complexity index is 1080. The molecule has 0 atom stereocenters. The third-order valence-corrected chi connectivity index (χ3v) is 4.36. The lowest BCUT2D eigenvalue weighted by atomic mass is 10.1. The minimum atomic E-state index is -0.402. The summed E-state index contributed by atoms with van der Waals surface area (Å²) in [5.41, 5.74) is 7.90. The van der Waals surface area contributed by atoms with Gasteiger partial charge in [0.2, 0.25) is 0 Å². The van der Waals surface area contributed by atoms with Gasteiger partial charge in [-0.3, -0.25) is 20.4 Å². The highest BCUT2D eigenvalue weighted by atomic mass is 16.2. The number of hydrogen-bond acceptors (Lipinski definition) is 2. The maximum absolute atomic E-state index is 12.6. The summed E-state index contributed by atoms with van der Waals surface area (Å²) < 4.78 is 2.03. The lowest BCUT2D eigenvalue weighted by Gasteiger charge is -2.05. The monoisotopic (exact) mass is 358 g/mol. The van der Waals surface area contributed by atoms with Gasteiger partial charge in [-0.1, -0.05) is 48.5 Å². The predicted molar refractivity (Wildman–Crippen MR) is 103 cm³/mol. The molecular weight excluding hydrogens is 340 g/mol. The van der Waals surface area contributed by atoms with Crippen LogP contribution in [0.15, 0.2) is 79.1 Å². The summed E-state index contributed by atoms with van der Waals surface area (Å²) in [6, 6.07) is 21.1. The van der Waals surface area contributed by atoms with Crippen LogP contribution in [0, 0.1) is 0 Å². The number of rotatable bonds is 4. The molecule has 0 aliphatic rings. The molecule has 27 heavy (non-hydrogen) atoms. The zero-order valence-corrected chi connectivity index (χ0v) is 14.5. The Morgan fingerprint density at radius 1 is 0.852 bits per heavy atom. The molecule has 2 aromatic heterocycles. The van der Waals surface area contributed by atoms with E-state index in [0.717, 1.165) is 16.5 Å². The molecule has 0 spiro atoms. The highest BCUT2D eigenvalue weighted by Gasteiger charge is 2.16. The minimum Gasteiger partial charge on any atom is -0.357 e.